The van der Waals surface area contributed by atoms with Gasteiger partial charge >= 0.3 is 5.97 Å². The molecule has 0 spiro atoms. The van der Waals surface area contributed by atoms with E-state index in [2.05, 4.69) is 22.9 Å². The molecule has 0 heterocycles. The molecule has 4 heteroatoms. The molecule has 2 nitrogen and oxygen atoms in total. The molecule has 0 N–H and O–H groups in total. The molecule has 0 radical (unpaired) electrons. The third-order valence-electron chi connectivity index (χ3n) is 3.18. The number of unbranched alkanes of at least 4 members (excludes halogenated alkanes) is 8. The van der Waals surface area contributed by atoms with Crippen molar-refractivity contribution in [3.8, 4) is 0 Å². The molecule has 0 aromatic carbocycles. The van der Waals surface area contributed by atoms with Gasteiger partial charge in [0.05, 0.1) is 13.0 Å². The predicted octanol–water partition coefficient (Wildman–Crippen LogP) is 5.58. The Morgan fingerprint density at radius 1 is 0.950 bits per heavy atom. The summed E-state index contributed by atoms with van der Waals surface area (Å²) in [5.74, 6) is 1.90. The third-order valence-corrected chi connectivity index (χ3v) is 5.09. The molecular weight excluding hydrogens is 336 g/mol. The molecular formula is C16H31BrO2S. The zero-order chi connectivity index (χ0) is 14.9. The minimum atomic E-state index is -0.0355. The molecule has 0 unspecified atom stereocenters. The van der Waals surface area contributed by atoms with Crippen LogP contribution >= 0.6 is 27.7 Å². The van der Waals surface area contributed by atoms with E-state index in [0.717, 1.165) is 23.3 Å². The van der Waals surface area contributed by atoms with Crippen LogP contribution in [0.25, 0.3) is 0 Å². The van der Waals surface area contributed by atoms with Gasteiger partial charge < -0.3 is 4.74 Å². The van der Waals surface area contributed by atoms with Crippen LogP contribution in [0.5, 0.6) is 0 Å². The highest BCUT2D eigenvalue weighted by molar-refractivity contribution is 9.09. The van der Waals surface area contributed by atoms with E-state index in [0.29, 0.717) is 13.0 Å². The quantitative estimate of drug-likeness (QED) is 0.215. The summed E-state index contributed by atoms with van der Waals surface area (Å²) in [6.07, 6.45) is 12.2. The van der Waals surface area contributed by atoms with Gasteiger partial charge in [-0.1, -0.05) is 74.2 Å². The lowest BCUT2D eigenvalue weighted by Gasteiger charge is -2.05. The van der Waals surface area contributed by atoms with E-state index in [1.54, 1.807) is 11.8 Å². The second-order valence-corrected chi connectivity index (χ2v) is 7.12. The molecule has 0 fully saturated rings. The lowest BCUT2D eigenvalue weighted by atomic mass is 10.1. The van der Waals surface area contributed by atoms with Crippen LogP contribution in [0.4, 0.5) is 0 Å². The van der Waals surface area contributed by atoms with E-state index in [9.17, 15) is 4.79 Å². The summed E-state index contributed by atoms with van der Waals surface area (Å²) in [4.78, 5) is 11.4. The predicted molar refractivity (Wildman–Crippen MR) is 93.9 cm³/mol. The molecule has 120 valence electrons. The Bertz CT molecular complexity index is 213. The molecule has 0 aliphatic heterocycles. The lowest BCUT2D eigenvalue weighted by molar-refractivity contribution is -0.143. The first-order chi connectivity index (χ1) is 9.81. The largest absolute Gasteiger partial charge is 0.466 e. The van der Waals surface area contributed by atoms with Gasteiger partial charge in [0.25, 0.3) is 0 Å². The number of esters is 1. The number of carbonyl (C=O) groups excluding carboxylic acids is 1. The molecule has 0 atom stereocenters. The molecule has 0 saturated heterocycles. The normalized spacial score (nSPS) is 10.7. The summed E-state index contributed by atoms with van der Waals surface area (Å²) in [6, 6.07) is 0. The highest BCUT2D eigenvalue weighted by Crippen LogP contribution is 2.10. The zero-order valence-corrected chi connectivity index (χ0v) is 15.4. The lowest BCUT2D eigenvalue weighted by Crippen LogP contribution is -2.07. The Labute approximate surface area is 137 Å². The fourth-order valence-corrected chi connectivity index (χ4v) is 3.29. The van der Waals surface area contributed by atoms with E-state index < -0.39 is 0 Å². The van der Waals surface area contributed by atoms with Gasteiger partial charge in [-0.25, -0.2) is 0 Å². The van der Waals surface area contributed by atoms with Crippen molar-refractivity contribution in [2.45, 2.75) is 71.1 Å². The Morgan fingerprint density at radius 2 is 1.55 bits per heavy atom. The van der Waals surface area contributed by atoms with Crippen LogP contribution in [0.3, 0.4) is 0 Å². The Morgan fingerprint density at radius 3 is 2.15 bits per heavy atom. The fraction of sp³-hybridized carbons (Fsp3) is 0.938. The Balaban J connectivity index is 3.09. The number of hydrogen-bond donors (Lipinski definition) is 0. The van der Waals surface area contributed by atoms with Crippen LogP contribution in [0.15, 0.2) is 0 Å². The van der Waals surface area contributed by atoms with Crippen LogP contribution in [0.1, 0.15) is 71.1 Å². The first-order valence-corrected chi connectivity index (χ1v) is 10.4. The molecule has 0 aliphatic carbocycles. The van der Waals surface area contributed by atoms with E-state index >= 15 is 0 Å². The number of alkyl halides is 1. The molecule has 0 aliphatic rings. The van der Waals surface area contributed by atoms with Gasteiger partial charge in [0.15, 0.2) is 0 Å². The highest BCUT2D eigenvalue weighted by Gasteiger charge is 2.02. The van der Waals surface area contributed by atoms with Crippen molar-refractivity contribution in [3.63, 3.8) is 0 Å². The summed E-state index contributed by atoms with van der Waals surface area (Å²) in [5.41, 5.74) is 0. The van der Waals surface area contributed by atoms with Crippen LogP contribution in [0.2, 0.25) is 0 Å². The van der Waals surface area contributed by atoms with Gasteiger partial charge in [-0.05, 0) is 6.42 Å². The summed E-state index contributed by atoms with van der Waals surface area (Å²) in [5, 5.41) is 0.991. The molecule has 0 aromatic rings. The van der Waals surface area contributed by atoms with Crippen LogP contribution in [-0.4, -0.2) is 29.4 Å². The van der Waals surface area contributed by atoms with Crippen molar-refractivity contribution in [3.05, 3.63) is 0 Å². The maximum atomic E-state index is 11.4. The Kier molecular flexibility index (Phi) is 17.6. The van der Waals surface area contributed by atoms with Gasteiger partial charge in [0, 0.05) is 16.8 Å². The number of halogens is 1. The van der Waals surface area contributed by atoms with Crippen molar-refractivity contribution < 1.29 is 9.53 Å². The molecule has 0 saturated carbocycles. The first kappa shape index (κ1) is 20.3. The van der Waals surface area contributed by atoms with Crippen LogP contribution in [0, 0.1) is 0 Å². The average Bonchev–Trinajstić information content (AvgIpc) is 2.45. The maximum Gasteiger partial charge on any atom is 0.306 e. The van der Waals surface area contributed by atoms with Gasteiger partial charge in [-0.3, -0.25) is 4.79 Å². The summed E-state index contributed by atoms with van der Waals surface area (Å²) in [7, 11) is 0. The molecule has 20 heavy (non-hydrogen) atoms. The zero-order valence-electron chi connectivity index (χ0n) is 13.0. The van der Waals surface area contributed by atoms with E-state index in [-0.39, 0.29) is 5.97 Å². The minimum absolute atomic E-state index is 0.0355. The topological polar surface area (TPSA) is 26.3 Å². The molecule has 0 aromatic heterocycles. The van der Waals surface area contributed by atoms with E-state index in [1.807, 2.05) is 0 Å². The van der Waals surface area contributed by atoms with Crippen molar-refractivity contribution >= 4 is 33.7 Å². The number of hydrogen-bond acceptors (Lipinski definition) is 3. The minimum Gasteiger partial charge on any atom is -0.466 e. The average molecular weight is 367 g/mol. The van der Waals surface area contributed by atoms with Crippen molar-refractivity contribution in [1.29, 1.82) is 0 Å². The standard InChI is InChI=1S/C16H31BrO2S/c1-2-3-4-5-6-7-8-9-10-13-19-16(18)11-14-20-15-12-17/h2-15H2,1H3. The smallest absolute Gasteiger partial charge is 0.306 e. The van der Waals surface area contributed by atoms with Crippen LogP contribution < -0.4 is 0 Å². The monoisotopic (exact) mass is 366 g/mol. The molecule has 0 rings (SSSR count). The van der Waals surface area contributed by atoms with E-state index in [4.69, 9.17) is 4.74 Å². The number of rotatable bonds is 15. The van der Waals surface area contributed by atoms with E-state index in [1.165, 1.54) is 51.4 Å². The van der Waals surface area contributed by atoms with Crippen molar-refractivity contribution in [1.82, 2.24) is 0 Å². The van der Waals surface area contributed by atoms with Gasteiger partial charge in [0.2, 0.25) is 0 Å². The fourth-order valence-electron chi connectivity index (χ4n) is 1.98. The number of carbonyl (C=O) groups is 1. The van der Waals surface area contributed by atoms with Crippen molar-refractivity contribution in [2.24, 2.45) is 0 Å². The SMILES string of the molecule is CCCCCCCCCCCOC(=O)CCSCCBr. The number of ether oxygens (including phenoxy) is 1. The third kappa shape index (κ3) is 16.4. The first-order valence-electron chi connectivity index (χ1n) is 8.10. The summed E-state index contributed by atoms with van der Waals surface area (Å²) in [6.45, 7) is 2.86. The maximum absolute atomic E-state index is 11.4. The van der Waals surface area contributed by atoms with Gasteiger partial charge in [-0.15, -0.1) is 0 Å². The summed E-state index contributed by atoms with van der Waals surface area (Å²) >= 11 is 5.16. The second kappa shape index (κ2) is 17.4. The highest BCUT2D eigenvalue weighted by atomic mass is 79.9. The van der Waals surface area contributed by atoms with Gasteiger partial charge in [0.1, 0.15) is 0 Å². The van der Waals surface area contributed by atoms with Gasteiger partial charge in [-0.2, -0.15) is 11.8 Å². The molecule has 0 amide bonds. The second-order valence-electron chi connectivity index (χ2n) is 5.10. The number of thioether (sulfide) groups is 1. The summed E-state index contributed by atoms with van der Waals surface area (Å²) < 4.78 is 5.22. The van der Waals surface area contributed by atoms with Crippen molar-refractivity contribution in [2.75, 3.05) is 23.4 Å². The Hall–Kier alpha value is 0.300. The molecule has 0 bridgehead atoms. The van der Waals surface area contributed by atoms with Crippen LogP contribution in [-0.2, 0) is 9.53 Å².